The Labute approximate surface area is 235 Å². The molecule has 7 nitrogen and oxygen atoms in total. The van der Waals surface area contributed by atoms with Crippen molar-refractivity contribution in [1.82, 2.24) is 5.32 Å². The van der Waals surface area contributed by atoms with Crippen molar-refractivity contribution in [3.8, 4) is 5.75 Å². The van der Waals surface area contributed by atoms with Crippen molar-refractivity contribution < 1.29 is 28.6 Å². The molecule has 1 saturated carbocycles. The monoisotopic (exact) mass is 543 g/mol. The standard InChI is InChI=1S/C33H37NO6/c1-24(35)38-23-32(40-25(2)36)29-19-28(15-16-31(29)39-22-27-13-7-4-8-14-27)30(37)21-34-33(17-9-10-18-33)20-26-11-5-3-6-12-26/h3-8,11-16,19,32,34H,9-10,17-18,20-23H2,1-2H3. The quantitative estimate of drug-likeness (QED) is 0.216. The van der Waals surface area contributed by atoms with Crippen LogP contribution >= 0.6 is 0 Å². The molecule has 1 N–H and O–H groups in total. The van der Waals surface area contributed by atoms with Crippen molar-refractivity contribution in [3.05, 3.63) is 101 Å². The van der Waals surface area contributed by atoms with E-state index in [0.717, 1.165) is 37.7 Å². The second-order valence-electron chi connectivity index (χ2n) is 10.4. The number of hydrogen-bond donors (Lipinski definition) is 1. The Morgan fingerprint density at radius 1 is 0.850 bits per heavy atom. The largest absolute Gasteiger partial charge is 0.488 e. The van der Waals surface area contributed by atoms with Crippen LogP contribution in [-0.4, -0.2) is 36.4 Å². The summed E-state index contributed by atoms with van der Waals surface area (Å²) in [6.45, 7) is 2.85. The molecule has 1 unspecified atom stereocenters. The van der Waals surface area contributed by atoms with E-state index < -0.39 is 18.0 Å². The number of carbonyl (C=O) groups excluding carboxylic acids is 3. The highest BCUT2D eigenvalue weighted by Crippen LogP contribution is 2.34. The number of benzene rings is 3. The van der Waals surface area contributed by atoms with Crippen LogP contribution in [0.2, 0.25) is 0 Å². The molecule has 7 heteroatoms. The van der Waals surface area contributed by atoms with Gasteiger partial charge in [0.15, 0.2) is 11.9 Å². The van der Waals surface area contributed by atoms with E-state index in [4.69, 9.17) is 14.2 Å². The molecule has 1 aliphatic carbocycles. The average Bonchev–Trinajstić information content (AvgIpc) is 3.42. The van der Waals surface area contributed by atoms with Crippen LogP contribution in [0, 0.1) is 0 Å². The summed E-state index contributed by atoms with van der Waals surface area (Å²) in [7, 11) is 0. The Morgan fingerprint density at radius 2 is 1.50 bits per heavy atom. The summed E-state index contributed by atoms with van der Waals surface area (Å²) in [6.07, 6.45) is 4.24. The van der Waals surface area contributed by atoms with Crippen LogP contribution < -0.4 is 10.1 Å². The molecule has 40 heavy (non-hydrogen) atoms. The number of esters is 2. The summed E-state index contributed by atoms with van der Waals surface area (Å²) in [6, 6.07) is 25.1. The molecule has 4 rings (SSSR count). The van der Waals surface area contributed by atoms with Crippen LogP contribution in [-0.2, 0) is 32.1 Å². The molecular weight excluding hydrogens is 506 g/mol. The number of ketones is 1. The molecular formula is C33H37NO6. The lowest BCUT2D eigenvalue weighted by molar-refractivity contribution is -0.156. The van der Waals surface area contributed by atoms with Gasteiger partial charge in [-0.1, -0.05) is 73.5 Å². The van der Waals surface area contributed by atoms with Crippen molar-refractivity contribution in [2.24, 2.45) is 0 Å². The molecule has 1 aliphatic rings. The van der Waals surface area contributed by atoms with Crippen molar-refractivity contribution in [2.75, 3.05) is 13.2 Å². The highest BCUT2D eigenvalue weighted by Gasteiger charge is 2.34. The van der Waals surface area contributed by atoms with Crippen LogP contribution in [0.5, 0.6) is 5.75 Å². The summed E-state index contributed by atoms with van der Waals surface area (Å²) in [5.74, 6) is -0.665. The van der Waals surface area contributed by atoms with E-state index in [0.29, 0.717) is 16.9 Å². The molecule has 3 aromatic rings. The number of Topliss-reactive ketones (excluding diaryl/α,β-unsaturated/α-hetero) is 1. The SMILES string of the molecule is CC(=O)OCC(OC(C)=O)c1cc(C(=O)CNC2(Cc3ccccc3)CCCC2)ccc1OCc1ccccc1. The van der Waals surface area contributed by atoms with E-state index in [9.17, 15) is 14.4 Å². The number of hydrogen-bond acceptors (Lipinski definition) is 7. The Bertz CT molecular complexity index is 1280. The first-order chi connectivity index (χ1) is 19.3. The molecule has 0 aliphatic heterocycles. The summed E-state index contributed by atoms with van der Waals surface area (Å²) < 4.78 is 16.8. The number of carbonyl (C=O) groups is 3. The Balaban J connectivity index is 1.55. The minimum atomic E-state index is -0.924. The fourth-order valence-corrected chi connectivity index (χ4v) is 5.25. The maximum absolute atomic E-state index is 13.5. The predicted molar refractivity (Wildman–Crippen MR) is 152 cm³/mol. The predicted octanol–water partition coefficient (Wildman–Crippen LogP) is 5.76. The van der Waals surface area contributed by atoms with Gasteiger partial charge in [0.05, 0.1) is 6.54 Å². The lowest BCUT2D eigenvalue weighted by Gasteiger charge is -2.30. The van der Waals surface area contributed by atoms with E-state index in [2.05, 4.69) is 17.4 Å². The smallest absolute Gasteiger partial charge is 0.303 e. The summed E-state index contributed by atoms with van der Waals surface area (Å²) >= 11 is 0. The molecule has 0 radical (unpaired) electrons. The van der Waals surface area contributed by atoms with Gasteiger partial charge < -0.3 is 19.5 Å². The lowest BCUT2D eigenvalue weighted by Crippen LogP contribution is -2.47. The van der Waals surface area contributed by atoms with Gasteiger partial charge in [0.2, 0.25) is 0 Å². The van der Waals surface area contributed by atoms with E-state index >= 15 is 0 Å². The highest BCUT2D eigenvalue weighted by molar-refractivity contribution is 5.98. The molecule has 0 heterocycles. The third kappa shape index (κ3) is 8.26. The summed E-state index contributed by atoms with van der Waals surface area (Å²) in [5, 5.41) is 3.59. The van der Waals surface area contributed by atoms with Crippen LogP contribution in [0.25, 0.3) is 0 Å². The zero-order valence-electron chi connectivity index (χ0n) is 23.2. The van der Waals surface area contributed by atoms with Crippen molar-refractivity contribution >= 4 is 17.7 Å². The van der Waals surface area contributed by atoms with Crippen molar-refractivity contribution in [2.45, 2.75) is 64.2 Å². The zero-order valence-corrected chi connectivity index (χ0v) is 23.2. The molecule has 1 fully saturated rings. The topological polar surface area (TPSA) is 90.9 Å². The van der Waals surface area contributed by atoms with Gasteiger partial charge in [-0.15, -0.1) is 0 Å². The summed E-state index contributed by atoms with van der Waals surface area (Å²) in [4.78, 5) is 36.9. The molecule has 0 saturated heterocycles. The lowest BCUT2D eigenvalue weighted by atomic mass is 9.88. The van der Waals surface area contributed by atoms with Gasteiger partial charge in [-0.2, -0.15) is 0 Å². The molecule has 210 valence electrons. The Hall–Kier alpha value is -3.97. The van der Waals surface area contributed by atoms with Crippen molar-refractivity contribution in [1.29, 1.82) is 0 Å². The molecule has 1 atom stereocenters. The summed E-state index contributed by atoms with van der Waals surface area (Å²) in [5.41, 5.74) is 3.03. The molecule has 0 amide bonds. The molecule has 0 aromatic heterocycles. The fourth-order valence-electron chi connectivity index (χ4n) is 5.25. The fraction of sp³-hybridized carbons (Fsp3) is 0.364. The van der Waals surface area contributed by atoms with Crippen LogP contribution in [0.4, 0.5) is 0 Å². The average molecular weight is 544 g/mol. The molecule has 0 bridgehead atoms. The van der Waals surface area contributed by atoms with Gasteiger partial charge in [-0.3, -0.25) is 14.4 Å². The van der Waals surface area contributed by atoms with E-state index in [1.807, 2.05) is 48.5 Å². The first-order valence-corrected chi connectivity index (χ1v) is 13.8. The second-order valence-corrected chi connectivity index (χ2v) is 10.4. The van der Waals surface area contributed by atoms with Gasteiger partial charge in [-0.25, -0.2) is 0 Å². The third-order valence-corrected chi connectivity index (χ3v) is 7.23. The van der Waals surface area contributed by atoms with Crippen molar-refractivity contribution in [3.63, 3.8) is 0 Å². The Morgan fingerprint density at radius 3 is 2.12 bits per heavy atom. The molecule has 3 aromatic carbocycles. The van der Waals surface area contributed by atoms with Gasteiger partial charge in [0, 0.05) is 30.5 Å². The Kier molecular flexibility index (Phi) is 10.1. The van der Waals surface area contributed by atoms with Gasteiger partial charge in [-0.05, 0) is 48.6 Å². The van der Waals surface area contributed by atoms with E-state index in [1.54, 1.807) is 18.2 Å². The molecule has 0 spiro atoms. The van der Waals surface area contributed by atoms with E-state index in [1.165, 1.54) is 19.4 Å². The van der Waals surface area contributed by atoms with E-state index in [-0.39, 0.29) is 31.1 Å². The maximum Gasteiger partial charge on any atom is 0.303 e. The normalized spacial score (nSPS) is 14.8. The van der Waals surface area contributed by atoms with Gasteiger partial charge in [0.25, 0.3) is 0 Å². The minimum Gasteiger partial charge on any atom is -0.488 e. The highest BCUT2D eigenvalue weighted by atomic mass is 16.6. The number of nitrogens with one attached hydrogen (secondary N) is 1. The number of rotatable bonds is 13. The van der Waals surface area contributed by atoms with Crippen LogP contribution in [0.3, 0.4) is 0 Å². The second kappa shape index (κ2) is 13.9. The third-order valence-electron chi connectivity index (χ3n) is 7.23. The van der Waals surface area contributed by atoms with Crippen LogP contribution in [0.15, 0.2) is 78.9 Å². The first kappa shape index (κ1) is 29.0. The van der Waals surface area contributed by atoms with Crippen LogP contribution in [0.1, 0.15) is 72.7 Å². The van der Waals surface area contributed by atoms with Gasteiger partial charge in [0.1, 0.15) is 19.0 Å². The zero-order chi connectivity index (χ0) is 28.4. The number of ether oxygens (including phenoxy) is 3. The maximum atomic E-state index is 13.5. The van der Waals surface area contributed by atoms with Gasteiger partial charge >= 0.3 is 11.9 Å². The first-order valence-electron chi connectivity index (χ1n) is 13.8. The minimum absolute atomic E-state index is 0.0794.